The molecule has 2 rings (SSSR count). The highest BCUT2D eigenvalue weighted by Gasteiger charge is 2.10. The zero-order valence-corrected chi connectivity index (χ0v) is 8.88. The molecule has 1 aromatic carbocycles. The number of nitrogens with zero attached hydrogens (tertiary/aromatic N) is 2. The van der Waals surface area contributed by atoms with Crippen LogP contribution in [0.5, 0.6) is 0 Å². The van der Waals surface area contributed by atoms with Gasteiger partial charge in [0.15, 0.2) is 0 Å². The standard InChI is InChI=1S/C9H6BrFN2O/c1-5-2-7(10)8(11)3-6(5)9-12-4-14-13-9/h2-4H,1H3. The molecule has 2 aromatic rings. The Kier molecular flexibility index (Phi) is 2.33. The zero-order chi connectivity index (χ0) is 10.1. The van der Waals surface area contributed by atoms with Crippen molar-refractivity contribution in [2.45, 2.75) is 6.92 Å². The van der Waals surface area contributed by atoms with Gasteiger partial charge in [0, 0.05) is 5.56 Å². The molecule has 3 nitrogen and oxygen atoms in total. The summed E-state index contributed by atoms with van der Waals surface area (Å²) >= 11 is 3.10. The van der Waals surface area contributed by atoms with Crippen LogP contribution in [-0.4, -0.2) is 10.1 Å². The van der Waals surface area contributed by atoms with Crippen LogP contribution in [0.4, 0.5) is 4.39 Å². The molecule has 0 aliphatic heterocycles. The molecule has 0 fully saturated rings. The molecule has 0 N–H and O–H groups in total. The molecule has 72 valence electrons. The van der Waals surface area contributed by atoms with Gasteiger partial charge in [-0.3, -0.25) is 0 Å². The Morgan fingerprint density at radius 2 is 2.21 bits per heavy atom. The van der Waals surface area contributed by atoms with E-state index in [4.69, 9.17) is 0 Å². The second kappa shape index (κ2) is 3.49. The number of rotatable bonds is 1. The van der Waals surface area contributed by atoms with Crippen molar-refractivity contribution in [3.63, 3.8) is 0 Å². The fourth-order valence-electron chi connectivity index (χ4n) is 1.18. The van der Waals surface area contributed by atoms with Gasteiger partial charge in [-0.2, -0.15) is 4.98 Å². The van der Waals surface area contributed by atoms with Crippen molar-refractivity contribution in [3.8, 4) is 11.4 Å². The molecule has 1 heterocycles. The summed E-state index contributed by atoms with van der Waals surface area (Å²) in [6.07, 6.45) is 1.22. The summed E-state index contributed by atoms with van der Waals surface area (Å²) in [5, 5.41) is 3.65. The number of benzene rings is 1. The van der Waals surface area contributed by atoms with Crippen molar-refractivity contribution < 1.29 is 8.91 Å². The highest BCUT2D eigenvalue weighted by molar-refractivity contribution is 9.10. The van der Waals surface area contributed by atoms with Crippen molar-refractivity contribution >= 4 is 15.9 Å². The van der Waals surface area contributed by atoms with E-state index in [9.17, 15) is 4.39 Å². The predicted molar refractivity (Wildman–Crippen MR) is 52.1 cm³/mol. The van der Waals surface area contributed by atoms with Gasteiger partial charge in [-0.1, -0.05) is 5.16 Å². The Morgan fingerprint density at radius 1 is 1.43 bits per heavy atom. The van der Waals surface area contributed by atoms with Crippen molar-refractivity contribution in [3.05, 3.63) is 34.4 Å². The van der Waals surface area contributed by atoms with Crippen LogP contribution < -0.4 is 0 Å². The van der Waals surface area contributed by atoms with E-state index >= 15 is 0 Å². The van der Waals surface area contributed by atoms with Crippen LogP contribution in [0.3, 0.4) is 0 Å². The first-order valence-electron chi connectivity index (χ1n) is 3.91. The normalized spacial score (nSPS) is 10.5. The Labute approximate surface area is 88.1 Å². The molecular formula is C9H6BrFN2O. The van der Waals surface area contributed by atoms with Crippen LogP contribution in [-0.2, 0) is 0 Å². The van der Waals surface area contributed by atoms with Crippen molar-refractivity contribution in [1.29, 1.82) is 0 Å². The van der Waals surface area contributed by atoms with E-state index in [1.54, 1.807) is 6.07 Å². The van der Waals surface area contributed by atoms with Crippen molar-refractivity contribution in [2.75, 3.05) is 0 Å². The van der Waals surface area contributed by atoms with Crippen LogP contribution in [0.15, 0.2) is 27.5 Å². The summed E-state index contributed by atoms with van der Waals surface area (Å²) in [6, 6.07) is 3.06. The average Bonchev–Trinajstić information content (AvgIpc) is 2.64. The summed E-state index contributed by atoms with van der Waals surface area (Å²) in [7, 11) is 0. The second-order valence-corrected chi connectivity index (χ2v) is 3.69. The first-order chi connectivity index (χ1) is 6.68. The summed E-state index contributed by atoms with van der Waals surface area (Å²) in [5.41, 5.74) is 1.53. The fraction of sp³-hybridized carbons (Fsp3) is 0.111. The fourth-order valence-corrected chi connectivity index (χ4v) is 1.63. The molecule has 0 spiro atoms. The second-order valence-electron chi connectivity index (χ2n) is 2.84. The minimum absolute atomic E-state index is 0.338. The minimum atomic E-state index is -0.338. The summed E-state index contributed by atoms with van der Waals surface area (Å²) in [6.45, 7) is 1.86. The van der Waals surface area contributed by atoms with Gasteiger partial charge in [-0.15, -0.1) is 0 Å². The van der Waals surface area contributed by atoms with Crippen LogP contribution in [0.2, 0.25) is 0 Å². The van der Waals surface area contributed by atoms with E-state index in [1.807, 2.05) is 6.92 Å². The van der Waals surface area contributed by atoms with Gasteiger partial charge < -0.3 is 4.52 Å². The van der Waals surface area contributed by atoms with Crippen LogP contribution >= 0.6 is 15.9 Å². The number of halogens is 2. The van der Waals surface area contributed by atoms with Crippen LogP contribution in [0.25, 0.3) is 11.4 Å². The maximum Gasteiger partial charge on any atom is 0.214 e. The zero-order valence-electron chi connectivity index (χ0n) is 7.29. The third kappa shape index (κ3) is 1.55. The van der Waals surface area contributed by atoms with Gasteiger partial charge in [-0.25, -0.2) is 4.39 Å². The maximum absolute atomic E-state index is 13.2. The van der Waals surface area contributed by atoms with Crippen LogP contribution in [0, 0.1) is 12.7 Å². The van der Waals surface area contributed by atoms with Gasteiger partial charge in [0.05, 0.1) is 4.47 Å². The largest absolute Gasteiger partial charge is 0.342 e. The van der Waals surface area contributed by atoms with Gasteiger partial charge >= 0.3 is 0 Å². The van der Waals surface area contributed by atoms with E-state index in [-0.39, 0.29) is 5.82 Å². The number of aryl methyl sites for hydroxylation is 1. The van der Waals surface area contributed by atoms with Crippen LogP contribution in [0.1, 0.15) is 5.56 Å². The Morgan fingerprint density at radius 3 is 2.86 bits per heavy atom. The lowest BCUT2D eigenvalue weighted by atomic mass is 10.1. The highest BCUT2D eigenvalue weighted by Crippen LogP contribution is 2.25. The molecule has 5 heteroatoms. The SMILES string of the molecule is Cc1cc(Br)c(F)cc1-c1ncon1. The van der Waals surface area contributed by atoms with E-state index < -0.39 is 0 Å². The molecule has 14 heavy (non-hydrogen) atoms. The van der Waals surface area contributed by atoms with E-state index in [2.05, 4.69) is 30.6 Å². The van der Waals surface area contributed by atoms with Gasteiger partial charge in [0.2, 0.25) is 12.2 Å². The van der Waals surface area contributed by atoms with Gasteiger partial charge in [0.1, 0.15) is 5.82 Å². The predicted octanol–water partition coefficient (Wildman–Crippen LogP) is 2.95. The highest BCUT2D eigenvalue weighted by atomic mass is 79.9. The monoisotopic (exact) mass is 256 g/mol. The minimum Gasteiger partial charge on any atom is -0.342 e. The third-order valence-electron chi connectivity index (χ3n) is 1.87. The topological polar surface area (TPSA) is 38.9 Å². The summed E-state index contributed by atoms with van der Waals surface area (Å²) < 4.78 is 18.2. The van der Waals surface area contributed by atoms with E-state index in [0.29, 0.717) is 15.9 Å². The number of hydrogen-bond donors (Lipinski definition) is 0. The number of hydrogen-bond acceptors (Lipinski definition) is 3. The lowest BCUT2D eigenvalue weighted by molar-refractivity contribution is 0.418. The molecular weight excluding hydrogens is 251 g/mol. The van der Waals surface area contributed by atoms with Gasteiger partial charge in [-0.05, 0) is 40.5 Å². The first kappa shape index (κ1) is 9.33. The third-order valence-corrected chi connectivity index (χ3v) is 2.48. The lowest BCUT2D eigenvalue weighted by Gasteiger charge is -2.02. The summed E-state index contributed by atoms with van der Waals surface area (Å²) in [5.74, 6) is 0.0595. The molecule has 0 saturated heterocycles. The van der Waals surface area contributed by atoms with Crippen molar-refractivity contribution in [2.24, 2.45) is 0 Å². The van der Waals surface area contributed by atoms with E-state index in [1.165, 1.54) is 12.5 Å². The molecule has 0 aliphatic carbocycles. The van der Waals surface area contributed by atoms with E-state index in [0.717, 1.165) is 5.56 Å². The molecule has 0 radical (unpaired) electrons. The maximum atomic E-state index is 13.2. The molecule has 0 saturated carbocycles. The molecule has 0 aliphatic rings. The quantitative estimate of drug-likeness (QED) is 0.788. The molecule has 0 bridgehead atoms. The Bertz CT molecular complexity index is 456. The molecule has 0 amide bonds. The smallest absolute Gasteiger partial charge is 0.214 e. The lowest BCUT2D eigenvalue weighted by Crippen LogP contribution is -1.88. The average molecular weight is 257 g/mol. The van der Waals surface area contributed by atoms with Crippen molar-refractivity contribution in [1.82, 2.24) is 10.1 Å². The Balaban J connectivity index is 2.60. The molecule has 0 unspecified atom stereocenters. The first-order valence-corrected chi connectivity index (χ1v) is 4.70. The molecule has 0 atom stereocenters. The number of aromatic nitrogens is 2. The summed E-state index contributed by atoms with van der Waals surface area (Å²) in [4.78, 5) is 3.86. The molecule has 1 aromatic heterocycles. The Hall–Kier alpha value is -1.23. The van der Waals surface area contributed by atoms with Gasteiger partial charge in [0.25, 0.3) is 0 Å².